The summed E-state index contributed by atoms with van der Waals surface area (Å²) in [6, 6.07) is 5.63. The summed E-state index contributed by atoms with van der Waals surface area (Å²) in [6.45, 7) is 3.10. The van der Waals surface area contributed by atoms with Gasteiger partial charge in [0.2, 0.25) is 15.9 Å². The summed E-state index contributed by atoms with van der Waals surface area (Å²) in [7, 11) is -3.62. The Morgan fingerprint density at radius 2 is 1.95 bits per heavy atom. The molecule has 6 nitrogen and oxygen atoms in total. The predicted octanol–water partition coefficient (Wildman–Crippen LogP) is 0.635. The van der Waals surface area contributed by atoms with Crippen LogP contribution in [-0.4, -0.2) is 54.8 Å². The van der Waals surface area contributed by atoms with Crippen LogP contribution >= 0.6 is 0 Å². The van der Waals surface area contributed by atoms with Gasteiger partial charge in [-0.3, -0.25) is 4.79 Å². The largest absolute Gasteiger partial charge is 0.508 e. The molecule has 1 aliphatic heterocycles. The van der Waals surface area contributed by atoms with Crippen LogP contribution in [0.3, 0.4) is 0 Å². The SMILES string of the molecule is CC(=O)N1CCCN(S(=O)(=O)c2cccc(O)c2)CC1. The average molecular weight is 298 g/mol. The molecule has 0 saturated carbocycles. The fourth-order valence-electron chi connectivity index (χ4n) is 2.24. The van der Waals surface area contributed by atoms with Crippen molar-refractivity contribution < 1.29 is 18.3 Å². The second-order valence-corrected chi connectivity index (χ2v) is 6.70. The minimum absolute atomic E-state index is 0.0402. The highest BCUT2D eigenvalue weighted by atomic mass is 32.2. The van der Waals surface area contributed by atoms with Gasteiger partial charge in [-0.25, -0.2) is 8.42 Å². The summed E-state index contributed by atoms with van der Waals surface area (Å²) in [5, 5.41) is 9.41. The molecule has 1 saturated heterocycles. The first kappa shape index (κ1) is 14.8. The van der Waals surface area contributed by atoms with E-state index in [-0.39, 0.29) is 23.1 Å². The van der Waals surface area contributed by atoms with Crippen LogP contribution in [0, 0.1) is 0 Å². The van der Waals surface area contributed by atoms with Gasteiger partial charge in [0.05, 0.1) is 4.90 Å². The second kappa shape index (κ2) is 5.80. The highest BCUT2D eigenvalue weighted by molar-refractivity contribution is 7.89. The number of rotatable bonds is 2. The summed E-state index contributed by atoms with van der Waals surface area (Å²) in [5.41, 5.74) is 0. The maximum absolute atomic E-state index is 12.5. The summed E-state index contributed by atoms with van der Waals surface area (Å²) in [6.07, 6.45) is 0.609. The van der Waals surface area contributed by atoms with Crippen molar-refractivity contribution in [2.75, 3.05) is 26.2 Å². The summed E-state index contributed by atoms with van der Waals surface area (Å²) < 4.78 is 26.3. The molecule has 1 heterocycles. The molecule has 1 aromatic carbocycles. The van der Waals surface area contributed by atoms with Crippen molar-refractivity contribution in [3.05, 3.63) is 24.3 Å². The topological polar surface area (TPSA) is 77.9 Å². The number of carbonyl (C=O) groups is 1. The Labute approximate surface area is 118 Å². The number of nitrogens with zero attached hydrogens (tertiary/aromatic N) is 2. The van der Waals surface area contributed by atoms with Crippen LogP contribution in [0.4, 0.5) is 0 Å². The molecule has 0 atom stereocenters. The highest BCUT2D eigenvalue weighted by Gasteiger charge is 2.27. The normalized spacial score (nSPS) is 17.8. The molecule has 0 bridgehead atoms. The van der Waals surface area contributed by atoms with Gasteiger partial charge in [0.15, 0.2) is 0 Å². The van der Waals surface area contributed by atoms with Crippen molar-refractivity contribution in [1.82, 2.24) is 9.21 Å². The van der Waals surface area contributed by atoms with Gasteiger partial charge >= 0.3 is 0 Å². The van der Waals surface area contributed by atoms with Crippen molar-refractivity contribution in [3.8, 4) is 5.75 Å². The molecule has 1 N–H and O–H groups in total. The van der Waals surface area contributed by atoms with E-state index in [0.29, 0.717) is 26.1 Å². The Hall–Kier alpha value is -1.60. The van der Waals surface area contributed by atoms with Gasteiger partial charge < -0.3 is 10.0 Å². The average Bonchev–Trinajstić information content (AvgIpc) is 2.64. The van der Waals surface area contributed by atoms with Crippen LogP contribution in [-0.2, 0) is 14.8 Å². The Morgan fingerprint density at radius 3 is 2.60 bits per heavy atom. The lowest BCUT2D eigenvalue weighted by Gasteiger charge is -2.21. The van der Waals surface area contributed by atoms with Crippen molar-refractivity contribution >= 4 is 15.9 Å². The molecule has 110 valence electrons. The standard InChI is InChI=1S/C13H18N2O4S/c1-11(16)14-6-3-7-15(9-8-14)20(18,19)13-5-2-4-12(17)10-13/h2,4-5,10,17H,3,6-9H2,1H3. The molecule has 1 aromatic rings. The fraction of sp³-hybridized carbons (Fsp3) is 0.462. The zero-order valence-corrected chi connectivity index (χ0v) is 12.1. The van der Waals surface area contributed by atoms with Gasteiger partial charge in [-0.15, -0.1) is 0 Å². The molecule has 1 amide bonds. The van der Waals surface area contributed by atoms with Crippen molar-refractivity contribution in [1.29, 1.82) is 0 Å². The van der Waals surface area contributed by atoms with Crippen LogP contribution in [0.1, 0.15) is 13.3 Å². The second-order valence-electron chi connectivity index (χ2n) is 4.76. The Morgan fingerprint density at radius 1 is 1.20 bits per heavy atom. The third-order valence-corrected chi connectivity index (χ3v) is 5.25. The van der Waals surface area contributed by atoms with Crippen LogP contribution < -0.4 is 0 Å². The molecule has 2 rings (SSSR count). The number of hydrogen-bond acceptors (Lipinski definition) is 4. The molecule has 0 radical (unpaired) electrons. The van der Waals surface area contributed by atoms with E-state index < -0.39 is 10.0 Å². The van der Waals surface area contributed by atoms with E-state index in [1.165, 1.54) is 35.5 Å². The van der Waals surface area contributed by atoms with E-state index in [2.05, 4.69) is 0 Å². The number of hydrogen-bond donors (Lipinski definition) is 1. The maximum Gasteiger partial charge on any atom is 0.243 e. The quantitative estimate of drug-likeness (QED) is 0.869. The monoisotopic (exact) mass is 298 g/mol. The van der Waals surface area contributed by atoms with E-state index in [4.69, 9.17) is 0 Å². The highest BCUT2D eigenvalue weighted by Crippen LogP contribution is 2.21. The summed E-state index contributed by atoms with van der Waals surface area (Å²) in [5.74, 6) is -0.118. The first-order valence-electron chi connectivity index (χ1n) is 6.46. The maximum atomic E-state index is 12.5. The van der Waals surface area contributed by atoms with Crippen molar-refractivity contribution in [2.24, 2.45) is 0 Å². The van der Waals surface area contributed by atoms with Gasteiger partial charge in [-0.1, -0.05) is 6.07 Å². The zero-order valence-electron chi connectivity index (χ0n) is 11.3. The Kier molecular flexibility index (Phi) is 4.29. The lowest BCUT2D eigenvalue weighted by Crippen LogP contribution is -2.36. The molecular formula is C13H18N2O4S. The van der Waals surface area contributed by atoms with Crippen LogP contribution in [0.15, 0.2) is 29.2 Å². The first-order valence-corrected chi connectivity index (χ1v) is 7.90. The summed E-state index contributed by atoms with van der Waals surface area (Å²) >= 11 is 0. The van der Waals surface area contributed by atoms with E-state index in [9.17, 15) is 18.3 Å². The molecule has 0 unspecified atom stereocenters. The van der Waals surface area contributed by atoms with E-state index >= 15 is 0 Å². The number of benzene rings is 1. The van der Waals surface area contributed by atoms with E-state index in [0.717, 1.165) is 0 Å². The minimum Gasteiger partial charge on any atom is -0.508 e. The van der Waals surface area contributed by atoms with Gasteiger partial charge in [-0.05, 0) is 24.6 Å². The summed E-state index contributed by atoms with van der Waals surface area (Å²) in [4.78, 5) is 13.1. The molecule has 7 heteroatoms. The van der Waals surface area contributed by atoms with Crippen LogP contribution in [0.5, 0.6) is 5.75 Å². The lowest BCUT2D eigenvalue weighted by atomic mass is 10.3. The lowest BCUT2D eigenvalue weighted by molar-refractivity contribution is -0.128. The van der Waals surface area contributed by atoms with Gasteiger partial charge in [0.25, 0.3) is 0 Å². The third kappa shape index (κ3) is 3.10. The smallest absolute Gasteiger partial charge is 0.243 e. The predicted molar refractivity (Wildman–Crippen MR) is 73.7 cm³/mol. The number of sulfonamides is 1. The van der Waals surface area contributed by atoms with E-state index in [1.807, 2.05) is 0 Å². The van der Waals surface area contributed by atoms with Crippen LogP contribution in [0.25, 0.3) is 0 Å². The Bertz CT molecular complexity index is 600. The Balaban J connectivity index is 2.20. The van der Waals surface area contributed by atoms with Crippen molar-refractivity contribution in [2.45, 2.75) is 18.2 Å². The molecule has 20 heavy (non-hydrogen) atoms. The first-order chi connectivity index (χ1) is 9.41. The van der Waals surface area contributed by atoms with Gasteiger partial charge in [-0.2, -0.15) is 4.31 Å². The van der Waals surface area contributed by atoms with E-state index in [1.54, 1.807) is 4.90 Å². The van der Waals surface area contributed by atoms with Crippen molar-refractivity contribution in [3.63, 3.8) is 0 Å². The number of phenolic OH excluding ortho intramolecular Hbond substituents is 1. The minimum atomic E-state index is -3.62. The number of amides is 1. The number of aromatic hydroxyl groups is 1. The molecule has 1 fully saturated rings. The number of phenols is 1. The zero-order chi connectivity index (χ0) is 14.8. The molecule has 1 aliphatic rings. The van der Waals surface area contributed by atoms with Gasteiger partial charge in [0.1, 0.15) is 5.75 Å². The third-order valence-electron chi connectivity index (χ3n) is 3.36. The molecule has 0 aliphatic carbocycles. The fourth-order valence-corrected chi connectivity index (χ4v) is 3.75. The number of carbonyl (C=O) groups excluding carboxylic acids is 1. The molecule has 0 spiro atoms. The van der Waals surface area contributed by atoms with Crippen LogP contribution in [0.2, 0.25) is 0 Å². The van der Waals surface area contributed by atoms with Gasteiger partial charge in [0, 0.05) is 33.1 Å². The molecular weight excluding hydrogens is 280 g/mol. The molecule has 0 aromatic heterocycles.